The minimum absolute atomic E-state index is 0.0426. The number of pyridine rings is 1. The fourth-order valence-electron chi connectivity index (χ4n) is 3.83. The summed E-state index contributed by atoms with van der Waals surface area (Å²) in [5, 5.41) is 2.22. The molecule has 0 bridgehead atoms. The van der Waals surface area contributed by atoms with Crippen LogP contribution in [0.5, 0.6) is 0 Å². The molecule has 0 fully saturated rings. The molecule has 1 aliphatic carbocycles. The third-order valence-corrected chi connectivity index (χ3v) is 7.46. The molecule has 0 aromatic carbocycles. The van der Waals surface area contributed by atoms with E-state index in [4.69, 9.17) is 0 Å². The van der Waals surface area contributed by atoms with E-state index in [1.165, 1.54) is 22.2 Å². The molecule has 1 aliphatic rings. The number of aryl methyl sites for hydroxylation is 2. The van der Waals surface area contributed by atoms with Gasteiger partial charge in [0.25, 0.3) is 5.56 Å². The second kappa shape index (κ2) is 6.97. The second-order valence-corrected chi connectivity index (χ2v) is 9.57. The molecular weight excluding hydrogens is 388 g/mol. The zero-order valence-corrected chi connectivity index (χ0v) is 17.4. The van der Waals surface area contributed by atoms with Gasteiger partial charge < -0.3 is 0 Å². The average Bonchev–Trinajstić information content (AvgIpc) is 3.05. The highest BCUT2D eigenvalue weighted by atomic mass is 32.2. The van der Waals surface area contributed by atoms with Gasteiger partial charge in [-0.15, -0.1) is 11.3 Å². The number of aromatic nitrogens is 4. The van der Waals surface area contributed by atoms with Crippen molar-refractivity contribution in [1.29, 1.82) is 0 Å². The first-order chi connectivity index (χ1) is 13.6. The summed E-state index contributed by atoms with van der Waals surface area (Å²) in [5.41, 5.74) is 3.90. The molecule has 28 heavy (non-hydrogen) atoms. The van der Waals surface area contributed by atoms with Crippen molar-refractivity contribution in [2.45, 2.75) is 43.9 Å². The maximum absolute atomic E-state index is 12.4. The highest BCUT2D eigenvalue weighted by molar-refractivity contribution is 7.98. The summed E-state index contributed by atoms with van der Waals surface area (Å²) in [6.07, 6.45) is 6.95. The van der Waals surface area contributed by atoms with Gasteiger partial charge in [0, 0.05) is 28.3 Å². The quantitative estimate of drug-likeness (QED) is 0.371. The number of nitrogens with zero attached hydrogens (tertiary/aromatic N) is 4. The summed E-state index contributed by atoms with van der Waals surface area (Å²) < 4.78 is 1.60. The Labute approximate surface area is 170 Å². The van der Waals surface area contributed by atoms with E-state index < -0.39 is 0 Å². The molecule has 5 rings (SSSR count). The Hall–Kier alpha value is -2.25. The van der Waals surface area contributed by atoms with Gasteiger partial charge in [0.2, 0.25) is 0 Å². The van der Waals surface area contributed by atoms with Crippen LogP contribution in [0.1, 0.15) is 35.0 Å². The van der Waals surface area contributed by atoms with E-state index in [9.17, 15) is 4.79 Å². The maximum Gasteiger partial charge on any atom is 0.258 e. The average molecular weight is 409 g/mol. The van der Waals surface area contributed by atoms with Gasteiger partial charge in [-0.25, -0.2) is 15.0 Å². The lowest BCUT2D eigenvalue weighted by Gasteiger charge is -2.18. The summed E-state index contributed by atoms with van der Waals surface area (Å²) in [6.45, 7) is 4.29. The Morgan fingerprint density at radius 2 is 2.21 bits per heavy atom. The topological polar surface area (TPSA) is 60.2 Å². The second-order valence-electron chi connectivity index (χ2n) is 7.52. The molecule has 4 aromatic rings. The highest BCUT2D eigenvalue weighted by Gasteiger charge is 2.23. The molecule has 5 nitrogen and oxygen atoms in total. The van der Waals surface area contributed by atoms with Gasteiger partial charge in [0.15, 0.2) is 0 Å². The Morgan fingerprint density at radius 3 is 3.11 bits per heavy atom. The van der Waals surface area contributed by atoms with E-state index in [0.717, 1.165) is 39.9 Å². The van der Waals surface area contributed by atoms with Gasteiger partial charge in [0.1, 0.15) is 21.8 Å². The van der Waals surface area contributed by atoms with E-state index in [1.807, 2.05) is 36.6 Å². The summed E-state index contributed by atoms with van der Waals surface area (Å²) in [6, 6.07) is 5.50. The van der Waals surface area contributed by atoms with Crippen molar-refractivity contribution in [2.75, 3.05) is 0 Å². The van der Waals surface area contributed by atoms with Crippen LogP contribution in [-0.2, 0) is 18.6 Å². The van der Waals surface area contributed by atoms with Crippen LogP contribution in [-0.4, -0.2) is 19.4 Å². The zero-order chi connectivity index (χ0) is 19.3. The maximum atomic E-state index is 12.4. The Kier molecular flexibility index (Phi) is 4.44. The van der Waals surface area contributed by atoms with Crippen LogP contribution in [0, 0.1) is 12.8 Å². The lowest BCUT2D eigenvalue weighted by molar-refractivity contribution is 0.509. The summed E-state index contributed by atoms with van der Waals surface area (Å²) >= 11 is 3.46. The van der Waals surface area contributed by atoms with Crippen molar-refractivity contribution < 1.29 is 0 Å². The third-order valence-electron chi connectivity index (χ3n) is 5.27. The first kappa shape index (κ1) is 17.8. The molecule has 4 aromatic heterocycles. The van der Waals surface area contributed by atoms with Gasteiger partial charge in [0.05, 0.1) is 5.69 Å². The Morgan fingerprint density at radius 1 is 1.32 bits per heavy atom. The van der Waals surface area contributed by atoms with Crippen molar-refractivity contribution in [3.05, 3.63) is 62.8 Å². The van der Waals surface area contributed by atoms with E-state index in [-0.39, 0.29) is 5.56 Å². The first-order valence-electron chi connectivity index (χ1n) is 9.45. The minimum atomic E-state index is -0.0426. The lowest BCUT2D eigenvalue weighted by Crippen LogP contribution is -2.15. The zero-order valence-electron chi connectivity index (χ0n) is 15.8. The molecule has 0 saturated heterocycles. The number of thiophene rings is 1. The lowest BCUT2D eigenvalue weighted by atomic mass is 9.89. The van der Waals surface area contributed by atoms with Gasteiger partial charge in [-0.1, -0.05) is 24.8 Å². The number of rotatable bonds is 3. The molecule has 0 radical (unpaired) electrons. The number of fused-ring (bicyclic) bond motifs is 4. The van der Waals surface area contributed by atoms with Crippen LogP contribution >= 0.6 is 23.1 Å². The van der Waals surface area contributed by atoms with E-state index >= 15 is 0 Å². The number of thioether (sulfide) groups is 1. The fraction of sp³-hybridized carbons (Fsp3) is 0.333. The minimum Gasteiger partial charge on any atom is -0.269 e. The number of hydrogen-bond acceptors (Lipinski definition) is 6. The third kappa shape index (κ3) is 3.12. The summed E-state index contributed by atoms with van der Waals surface area (Å²) in [5.74, 6) is 1.36. The molecule has 0 saturated carbocycles. The van der Waals surface area contributed by atoms with Gasteiger partial charge in [-0.3, -0.25) is 9.20 Å². The van der Waals surface area contributed by atoms with E-state index in [0.29, 0.717) is 11.4 Å². The standard InChI is InChI=1S/C21H20N4OS2/c1-12-3-5-15-16(7-12)28-21-19(15)20(22-11-23-21)27-10-14-8-18(26)25-9-13(2)4-6-17(25)24-14/h4,6,8-9,11-12H,3,5,7,10H2,1-2H3/t12-/m1/s1. The van der Waals surface area contributed by atoms with E-state index in [1.54, 1.807) is 28.6 Å². The summed E-state index contributed by atoms with van der Waals surface area (Å²) in [4.78, 5) is 28.7. The predicted molar refractivity (Wildman–Crippen MR) is 114 cm³/mol. The van der Waals surface area contributed by atoms with Crippen LogP contribution in [0.25, 0.3) is 15.9 Å². The first-order valence-corrected chi connectivity index (χ1v) is 11.3. The van der Waals surface area contributed by atoms with Crippen LogP contribution in [0.3, 0.4) is 0 Å². The molecule has 7 heteroatoms. The molecule has 0 amide bonds. The van der Waals surface area contributed by atoms with Crippen molar-refractivity contribution in [3.63, 3.8) is 0 Å². The van der Waals surface area contributed by atoms with Crippen LogP contribution in [0.15, 0.2) is 40.5 Å². The van der Waals surface area contributed by atoms with Gasteiger partial charge in [-0.05, 0) is 49.3 Å². The molecule has 0 aliphatic heterocycles. The van der Waals surface area contributed by atoms with Crippen molar-refractivity contribution in [2.24, 2.45) is 5.92 Å². The smallest absolute Gasteiger partial charge is 0.258 e. The molecule has 142 valence electrons. The Balaban J connectivity index is 1.49. The van der Waals surface area contributed by atoms with Gasteiger partial charge >= 0.3 is 0 Å². The normalized spacial score (nSPS) is 16.6. The molecular formula is C21H20N4OS2. The molecule has 0 unspecified atom stereocenters. The largest absolute Gasteiger partial charge is 0.269 e. The highest BCUT2D eigenvalue weighted by Crippen LogP contribution is 2.40. The fourth-order valence-corrected chi connectivity index (χ4v) is 6.16. The predicted octanol–water partition coefficient (Wildman–Crippen LogP) is 4.42. The van der Waals surface area contributed by atoms with Crippen molar-refractivity contribution >= 4 is 39.0 Å². The number of hydrogen-bond donors (Lipinski definition) is 0. The molecule has 4 heterocycles. The molecule has 1 atom stereocenters. The van der Waals surface area contributed by atoms with Crippen LogP contribution < -0.4 is 5.56 Å². The van der Waals surface area contributed by atoms with Crippen LogP contribution in [0.4, 0.5) is 0 Å². The monoisotopic (exact) mass is 408 g/mol. The SMILES string of the molecule is Cc1ccc2nc(CSc3ncnc4sc5c(c34)CC[C@@H](C)C5)cc(=O)n2c1. The molecule has 0 spiro atoms. The van der Waals surface area contributed by atoms with Crippen molar-refractivity contribution in [3.8, 4) is 0 Å². The van der Waals surface area contributed by atoms with Crippen molar-refractivity contribution in [1.82, 2.24) is 19.4 Å². The Bertz CT molecular complexity index is 1260. The van der Waals surface area contributed by atoms with Crippen LogP contribution in [0.2, 0.25) is 0 Å². The van der Waals surface area contributed by atoms with E-state index in [2.05, 4.69) is 21.9 Å². The van der Waals surface area contributed by atoms with Gasteiger partial charge in [-0.2, -0.15) is 0 Å². The summed E-state index contributed by atoms with van der Waals surface area (Å²) in [7, 11) is 0. The molecule has 0 N–H and O–H groups in total.